The standard InChI is InChI=1S/C15H20FN3/c1-10(13-5-7-14(16)8-6-13)18-11(2)15-9-17-19(4)12(15)3/h5-11,18H,1-4H3. The predicted molar refractivity (Wildman–Crippen MR) is 74.3 cm³/mol. The fourth-order valence-electron chi connectivity index (χ4n) is 2.25. The van der Waals surface area contributed by atoms with Crippen LogP contribution in [-0.2, 0) is 7.05 Å². The number of rotatable bonds is 4. The van der Waals surface area contributed by atoms with Crippen LogP contribution in [0.1, 0.15) is 42.8 Å². The van der Waals surface area contributed by atoms with Crippen LogP contribution in [0, 0.1) is 12.7 Å². The van der Waals surface area contributed by atoms with Crippen LogP contribution < -0.4 is 5.32 Å². The first kappa shape index (κ1) is 13.7. The summed E-state index contributed by atoms with van der Waals surface area (Å²) in [5.41, 5.74) is 3.43. The van der Waals surface area contributed by atoms with Crippen molar-refractivity contribution >= 4 is 0 Å². The van der Waals surface area contributed by atoms with E-state index in [0.717, 1.165) is 11.3 Å². The minimum atomic E-state index is -0.202. The molecule has 0 amide bonds. The van der Waals surface area contributed by atoms with E-state index in [2.05, 4.69) is 31.2 Å². The van der Waals surface area contributed by atoms with Crippen LogP contribution in [0.25, 0.3) is 0 Å². The molecule has 2 rings (SSSR count). The molecule has 0 saturated carbocycles. The molecule has 2 unspecified atom stereocenters. The van der Waals surface area contributed by atoms with E-state index in [1.807, 2.05) is 30.1 Å². The first-order chi connectivity index (χ1) is 8.99. The van der Waals surface area contributed by atoms with Crippen LogP contribution in [0.15, 0.2) is 30.5 Å². The first-order valence-corrected chi connectivity index (χ1v) is 6.49. The van der Waals surface area contributed by atoms with Gasteiger partial charge in [0.05, 0.1) is 6.20 Å². The van der Waals surface area contributed by atoms with Gasteiger partial charge in [0.1, 0.15) is 5.82 Å². The van der Waals surface area contributed by atoms with Gasteiger partial charge in [0.25, 0.3) is 0 Å². The maximum absolute atomic E-state index is 12.9. The average molecular weight is 261 g/mol. The molecule has 0 bridgehead atoms. The first-order valence-electron chi connectivity index (χ1n) is 6.49. The van der Waals surface area contributed by atoms with Crippen molar-refractivity contribution in [2.24, 2.45) is 7.05 Å². The van der Waals surface area contributed by atoms with E-state index in [9.17, 15) is 4.39 Å². The Hall–Kier alpha value is -1.68. The van der Waals surface area contributed by atoms with Crippen LogP contribution in [0.3, 0.4) is 0 Å². The minimum absolute atomic E-state index is 0.162. The van der Waals surface area contributed by atoms with Crippen molar-refractivity contribution in [2.45, 2.75) is 32.9 Å². The maximum atomic E-state index is 12.9. The third-order valence-electron chi connectivity index (χ3n) is 3.61. The molecule has 2 atom stereocenters. The van der Waals surface area contributed by atoms with Crippen LogP contribution >= 0.6 is 0 Å². The lowest BCUT2D eigenvalue weighted by Crippen LogP contribution is -2.22. The fraction of sp³-hybridized carbons (Fsp3) is 0.400. The lowest BCUT2D eigenvalue weighted by atomic mass is 10.0. The molecular weight excluding hydrogens is 241 g/mol. The van der Waals surface area contributed by atoms with Gasteiger partial charge in [0, 0.05) is 30.4 Å². The smallest absolute Gasteiger partial charge is 0.123 e. The van der Waals surface area contributed by atoms with Gasteiger partial charge in [0.2, 0.25) is 0 Å². The van der Waals surface area contributed by atoms with Gasteiger partial charge in [-0.15, -0.1) is 0 Å². The monoisotopic (exact) mass is 261 g/mol. The molecule has 4 heteroatoms. The van der Waals surface area contributed by atoms with Crippen molar-refractivity contribution in [2.75, 3.05) is 0 Å². The summed E-state index contributed by atoms with van der Waals surface area (Å²) in [6.07, 6.45) is 1.89. The molecule has 3 nitrogen and oxygen atoms in total. The quantitative estimate of drug-likeness (QED) is 0.915. The highest BCUT2D eigenvalue weighted by atomic mass is 19.1. The molecule has 1 N–H and O–H groups in total. The number of aryl methyl sites for hydroxylation is 1. The summed E-state index contributed by atoms with van der Waals surface area (Å²) in [4.78, 5) is 0. The van der Waals surface area contributed by atoms with E-state index < -0.39 is 0 Å². The van der Waals surface area contributed by atoms with Crippen molar-refractivity contribution in [1.82, 2.24) is 15.1 Å². The van der Waals surface area contributed by atoms with Gasteiger partial charge in [-0.25, -0.2) is 4.39 Å². The number of nitrogens with zero attached hydrogens (tertiary/aromatic N) is 2. The summed E-state index contributed by atoms with van der Waals surface area (Å²) in [5.74, 6) is -0.202. The average Bonchev–Trinajstić information content (AvgIpc) is 2.70. The molecule has 19 heavy (non-hydrogen) atoms. The molecule has 0 saturated heterocycles. The Bertz CT molecular complexity index is 545. The number of nitrogens with one attached hydrogen (secondary N) is 1. The highest BCUT2D eigenvalue weighted by Crippen LogP contribution is 2.21. The van der Waals surface area contributed by atoms with Gasteiger partial charge in [-0.1, -0.05) is 12.1 Å². The van der Waals surface area contributed by atoms with Gasteiger partial charge in [-0.05, 0) is 38.5 Å². The van der Waals surface area contributed by atoms with Crippen LogP contribution in [0.5, 0.6) is 0 Å². The molecule has 2 aromatic rings. The molecule has 0 radical (unpaired) electrons. The van der Waals surface area contributed by atoms with Gasteiger partial charge < -0.3 is 5.32 Å². The molecule has 0 aliphatic rings. The highest BCUT2D eigenvalue weighted by molar-refractivity contribution is 5.23. The van der Waals surface area contributed by atoms with Crippen molar-refractivity contribution in [1.29, 1.82) is 0 Å². The normalized spacial score (nSPS) is 14.4. The Morgan fingerprint density at radius 1 is 1.16 bits per heavy atom. The van der Waals surface area contributed by atoms with Crippen LogP contribution in [-0.4, -0.2) is 9.78 Å². The molecule has 1 heterocycles. The summed E-state index contributed by atoms with van der Waals surface area (Å²) in [6, 6.07) is 6.98. The molecular formula is C15H20FN3. The predicted octanol–water partition coefficient (Wildman–Crippen LogP) is 3.28. The number of halogens is 1. The second-order valence-corrected chi connectivity index (χ2v) is 4.97. The Morgan fingerprint density at radius 2 is 1.79 bits per heavy atom. The van der Waals surface area contributed by atoms with Gasteiger partial charge in [-0.3, -0.25) is 4.68 Å². The molecule has 1 aromatic carbocycles. The largest absolute Gasteiger partial charge is 0.304 e. The zero-order valence-corrected chi connectivity index (χ0v) is 11.8. The Balaban J connectivity index is 2.08. The third kappa shape index (κ3) is 3.01. The van der Waals surface area contributed by atoms with E-state index in [1.165, 1.54) is 17.7 Å². The Morgan fingerprint density at radius 3 is 2.32 bits per heavy atom. The van der Waals surface area contributed by atoms with Crippen LogP contribution in [0.4, 0.5) is 4.39 Å². The second kappa shape index (κ2) is 5.53. The highest BCUT2D eigenvalue weighted by Gasteiger charge is 2.15. The lowest BCUT2D eigenvalue weighted by molar-refractivity contribution is 0.491. The van der Waals surface area contributed by atoms with E-state index in [0.29, 0.717) is 0 Å². The minimum Gasteiger partial charge on any atom is -0.304 e. The van der Waals surface area contributed by atoms with Gasteiger partial charge >= 0.3 is 0 Å². The van der Waals surface area contributed by atoms with E-state index >= 15 is 0 Å². The molecule has 0 aliphatic heterocycles. The molecule has 0 spiro atoms. The summed E-state index contributed by atoms with van der Waals surface area (Å²) >= 11 is 0. The molecule has 102 valence electrons. The Kier molecular flexibility index (Phi) is 4.00. The second-order valence-electron chi connectivity index (χ2n) is 4.97. The van der Waals surface area contributed by atoms with Crippen molar-refractivity contribution in [3.05, 3.63) is 53.1 Å². The van der Waals surface area contributed by atoms with Crippen LogP contribution in [0.2, 0.25) is 0 Å². The van der Waals surface area contributed by atoms with E-state index in [1.54, 1.807) is 0 Å². The van der Waals surface area contributed by atoms with Crippen molar-refractivity contribution in [3.63, 3.8) is 0 Å². The van der Waals surface area contributed by atoms with Crippen molar-refractivity contribution in [3.8, 4) is 0 Å². The number of benzene rings is 1. The summed E-state index contributed by atoms with van der Waals surface area (Å²) in [6.45, 7) is 6.25. The Labute approximate surface area is 113 Å². The maximum Gasteiger partial charge on any atom is 0.123 e. The zero-order chi connectivity index (χ0) is 14.0. The lowest BCUT2D eigenvalue weighted by Gasteiger charge is -2.20. The summed E-state index contributed by atoms with van der Waals surface area (Å²) in [7, 11) is 1.94. The molecule has 0 fully saturated rings. The number of hydrogen-bond acceptors (Lipinski definition) is 2. The molecule has 0 aliphatic carbocycles. The van der Waals surface area contributed by atoms with E-state index in [4.69, 9.17) is 0 Å². The van der Waals surface area contributed by atoms with Gasteiger partial charge in [0.15, 0.2) is 0 Å². The zero-order valence-electron chi connectivity index (χ0n) is 11.8. The van der Waals surface area contributed by atoms with Gasteiger partial charge in [-0.2, -0.15) is 5.10 Å². The number of aromatic nitrogens is 2. The van der Waals surface area contributed by atoms with E-state index in [-0.39, 0.29) is 17.9 Å². The van der Waals surface area contributed by atoms with Crippen molar-refractivity contribution < 1.29 is 4.39 Å². The molecule has 1 aromatic heterocycles. The number of hydrogen-bond donors (Lipinski definition) is 1. The summed E-state index contributed by atoms with van der Waals surface area (Å²) in [5, 5.41) is 7.77. The summed E-state index contributed by atoms with van der Waals surface area (Å²) < 4.78 is 14.8. The fourth-order valence-corrected chi connectivity index (χ4v) is 2.25. The topological polar surface area (TPSA) is 29.9 Å². The SMILES string of the molecule is Cc1c(C(C)NC(C)c2ccc(F)cc2)cnn1C. The third-order valence-corrected chi connectivity index (χ3v) is 3.61.